The molecule has 162 valence electrons. The second-order valence-electron chi connectivity index (χ2n) is 7.62. The molecule has 0 aliphatic heterocycles. The van der Waals surface area contributed by atoms with Crippen molar-refractivity contribution in [2.24, 2.45) is 0 Å². The van der Waals surface area contributed by atoms with E-state index in [1.54, 1.807) is 18.3 Å². The number of nitrogens with two attached hydrogens (primary N) is 1. The number of para-hydroxylation sites is 2. The van der Waals surface area contributed by atoms with Crippen LogP contribution in [0.2, 0.25) is 0 Å². The van der Waals surface area contributed by atoms with E-state index < -0.39 is 0 Å². The predicted octanol–water partition coefficient (Wildman–Crippen LogP) is 5.47. The Labute approximate surface area is 194 Å². The van der Waals surface area contributed by atoms with Gasteiger partial charge in [-0.2, -0.15) is 0 Å². The first-order valence-corrected chi connectivity index (χ1v) is 11.2. The van der Waals surface area contributed by atoms with Crippen LogP contribution >= 0.6 is 11.3 Å². The van der Waals surface area contributed by atoms with Crippen LogP contribution in [0.25, 0.3) is 21.0 Å². The van der Waals surface area contributed by atoms with Crippen LogP contribution in [-0.4, -0.2) is 16.8 Å². The molecule has 0 aliphatic rings. The summed E-state index contributed by atoms with van der Waals surface area (Å²) in [7, 11) is 0. The Balaban J connectivity index is 1.32. The molecule has 2 aromatic heterocycles. The van der Waals surface area contributed by atoms with Gasteiger partial charge in [-0.05, 0) is 59.5 Å². The molecule has 0 saturated heterocycles. The average molecular weight is 453 g/mol. The number of aromatic nitrogens is 1. The van der Waals surface area contributed by atoms with Gasteiger partial charge in [-0.25, -0.2) is 0 Å². The van der Waals surface area contributed by atoms with Crippen LogP contribution in [0, 0.1) is 0 Å². The fourth-order valence-electron chi connectivity index (χ4n) is 3.68. The number of nitrogens with zero attached hydrogens (tertiary/aromatic N) is 1. The lowest BCUT2D eigenvalue weighted by Crippen LogP contribution is -2.14. The van der Waals surface area contributed by atoms with Crippen LogP contribution < -0.4 is 16.4 Å². The predicted molar refractivity (Wildman–Crippen MR) is 135 cm³/mol. The van der Waals surface area contributed by atoms with Crippen molar-refractivity contribution < 1.29 is 9.59 Å². The molecule has 0 fully saturated rings. The zero-order chi connectivity index (χ0) is 22.8. The van der Waals surface area contributed by atoms with E-state index in [0.29, 0.717) is 16.3 Å². The van der Waals surface area contributed by atoms with Crippen LogP contribution in [-0.2, 0) is 11.2 Å². The van der Waals surface area contributed by atoms with Gasteiger partial charge in [-0.15, -0.1) is 11.3 Å². The second-order valence-corrected chi connectivity index (χ2v) is 8.71. The van der Waals surface area contributed by atoms with Gasteiger partial charge in [0.25, 0.3) is 5.91 Å². The summed E-state index contributed by atoms with van der Waals surface area (Å²) in [4.78, 5) is 30.3. The number of benzene rings is 3. The third kappa shape index (κ3) is 4.40. The molecular weight excluding hydrogens is 432 g/mol. The van der Waals surface area contributed by atoms with Crippen LogP contribution in [0.5, 0.6) is 0 Å². The first kappa shape index (κ1) is 20.7. The standard InChI is InChI=1S/C26H20N4O2S/c27-19-6-1-2-7-22(19)30-26(32)24-15-17-11-10-16(13-23(17)33-24)14-25(31)29-21-9-3-8-20-18(21)5-4-12-28-20/h1-13,15H,14,27H2,(H,29,31)(H,30,32). The number of fused-ring (bicyclic) bond motifs is 2. The number of rotatable bonds is 5. The van der Waals surface area contributed by atoms with Crippen molar-refractivity contribution in [2.75, 3.05) is 16.4 Å². The monoisotopic (exact) mass is 452 g/mol. The summed E-state index contributed by atoms with van der Waals surface area (Å²) < 4.78 is 0.945. The van der Waals surface area contributed by atoms with E-state index in [9.17, 15) is 9.59 Å². The Morgan fingerprint density at radius 1 is 0.879 bits per heavy atom. The zero-order valence-corrected chi connectivity index (χ0v) is 18.4. The molecule has 5 rings (SSSR count). The van der Waals surface area contributed by atoms with Crippen LogP contribution in [0.4, 0.5) is 17.1 Å². The lowest BCUT2D eigenvalue weighted by Gasteiger charge is -2.08. The van der Waals surface area contributed by atoms with E-state index in [1.165, 1.54) is 11.3 Å². The van der Waals surface area contributed by atoms with Gasteiger partial charge in [-0.3, -0.25) is 14.6 Å². The van der Waals surface area contributed by atoms with Gasteiger partial charge in [0, 0.05) is 16.3 Å². The number of carbonyl (C=O) groups excluding carboxylic acids is 2. The van der Waals surface area contributed by atoms with Gasteiger partial charge in [0.05, 0.1) is 33.9 Å². The number of nitrogen functional groups attached to an aromatic ring is 1. The van der Waals surface area contributed by atoms with Crippen molar-refractivity contribution in [2.45, 2.75) is 6.42 Å². The van der Waals surface area contributed by atoms with Crippen molar-refractivity contribution in [1.82, 2.24) is 4.98 Å². The van der Waals surface area contributed by atoms with Gasteiger partial charge in [0.1, 0.15) is 0 Å². The highest BCUT2D eigenvalue weighted by Gasteiger charge is 2.13. The lowest BCUT2D eigenvalue weighted by molar-refractivity contribution is -0.115. The fourth-order valence-corrected chi connectivity index (χ4v) is 4.71. The Kier molecular flexibility index (Phi) is 5.46. The van der Waals surface area contributed by atoms with Crippen LogP contribution in [0.1, 0.15) is 15.2 Å². The van der Waals surface area contributed by atoms with Crippen molar-refractivity contribution in [3.63, 3.8) is 0 Å². The van der Waals surface area contributed by atoms with E-state index >= 15 is 0 Å². The third-order valence-electron chi connectivity index (χ3n) is 5.30. The smallest absolute Gasteiger partial charge is 0.265 e. The molecule has 5 aromatic rings. The topological polar surface area (TPSA) is 97.1 Å². The average Bonchev–Trinajstić information content (AvgIpc) is 3.24. The van der Waals surface area contributed by atoms with E-state index in [1.807, 2.05) is 66.7 Å². The number of anilines is 3. The Bertz CT molecular complexity index is 1500. The molecule has 0 atom stereocenters. The summed E-state index contributed by atoms with van der Waals surface area (Å²) in [5.74, 6) is -0.322. The number of pyridine rings is 1. The molecule has 6 nitrogen and oxygen atoms in total. The van der Waals surface area contributed by atoms with Crippen molar-refractivity contribution in [3.8, 4) is 0 Å². The Morgan fingerprint density at radius 3 is 2.61 bits per heavy atom. The summed E-state index contributed by atoms with van der Waals surface area (Å²) in [5.41, 5.74) is 9.47. The lowest BCUT2D eigenvalue weighted by atomic mass is 10.1. The van der Waals surface area contributed by atoms with Gasteiger partial charge >= 0.3 is 0 Å². The third-order valence-corrected chi connectivity index (χ3v) is 6.40. The summed E-state index contributed by atoms with van der Waals surface area (Å²) in [6.45, 7) is 0. The maximum atomic E-state index is 12.7. The van der Waals surface area contributed by atoms with E-state index in [0.717, 1.165) is 32.2 Å². The number of hydrogen-bond acceptors (Lipinski definition) is 5. The molecule has 4 N–H and O–H groups in total. The van der Waals surface area contributed by atoms with Crippen LogP contribution in [0.3, 0.4) is 0 Å². The fraction of sp³-hybridized carbons (Fsp3) is 0.0385. The number of amides is 2. The molecule has 2 heterocycles. The number of thiophene rings is 1. The molecule has 0 unspecified atom stereocenters. The first-order chi connectivity index (χ1) is 16.1. The molecule has 7 heteroatoms. The van der Waals surface area contributed by atoms with Gasteiger partial charge in [-0.1, -0.05) is 30.3 Å². The molecule has 0 saturated carbocycles. The summed E-state index contributed by atoms with van der Waals surface area (Å²) in [6, 6.07) is 24.2. The molecule has 0 aliphatic carbocycles. The minimum absolute atomic E-state index is 0.111. The van der Waals surface area contributed by atoms with E-state index in [-0.39, 0.29) is 18.2 Å². The highest BCUT2D eigenvalue weighted by atomic mass is 32.1. The number of carbonyl (C=O) groups is 2. The molecular formula is C26H20N4O2S. The van der Waals surface area contributed by atoms with Crippen molar-refractivity contribution >= 4 is 61.2 Å². The van der Waals surface area contributed by atoms with Gasteiger partial charge < -0.3 is 16.4 Å². The normalized spacial score (nSPS) is 10.9. The number of nitrogens with one attached hydrogen (secondary N) is 2. The summed E-state index contributed by atoms with van der Waals surface area (Å²) in [5, 5.41) is 7.69. The molecule has 33 heavy (non-hydrogen) atoms. The maximum Gasteiger partial charge on any atom is 0.265 e. The summed E-state index contributed by atoms with van der Waals surface area (Å²) >= 11 is 1.38. The minimum Gasteiger partial charge on any atom is -0.397 e. The van der Waals surface area contributed by atoms with Gasteiger partial charge in [0.2, 0.25) is 5.91 Å². The summed E-state index contributed by atoms with van der Waals surface area (Å²) in [6.07, 6.45) is 1.96. The first-order valence-electron chi connectivity index (χ1n) is 10.4. The van der Waals surface area contributed by atoms with E-state index in [2.05, 4.69) is 15.6 Å². The largest absolute Gasteiger partial charge is 0.397 e. The number of hydrogen-bond donors (Lipinski definition) is 3. The molecule has 3 aromatic carbocycles. The quantitative estimate of drug-likeness (QED) is 0.308. The molecule has 0 bridgehead atoms. The molecule has 0 radical (unpaired) electrons. The highest BCUT2D eigenvalue weighted by Crippen LogP contribution is 2.29. The SMILES string of the molecule is Nc1ccccc1NC(=O)c1cc2ccc(CC(=O)Nc3cccc4ncccc34)cc2s1. The Morgan fingerprint density at radius 2 is 1.73 bits per heavy atom. The second kappa shape index (κ2) is 8.72. The van der Waals surface area contributed by atoms with Gasteiger partial charge in [0.15, 0.2) is 0 Å². The minimum atomic E-state index is -0.210. The highest BCUT2D eigenvalue weighted by molar-refractivity contribution is 7.20. The van der Waals surface area contributed by atoms with Crippen LogP contribution in [0.15, 0.2) is 85.1 Å². The van der Waals surface area contributed by atoms with Crippen molar-refractivity contribution in [3.05, 3.63) is 95.5 Å². The zero-order valence-electron chi connectivity index (χ0n) is 17.5. The van der Waals surface area contributed by atoms with Crippen molar-refractivity contribution in [1.29, 1.82) is 0 Å². The maximum absolute atomic E-state index is 12.7. The molecule has 0 spiro atoms. The molecule has 2 amide bonds. The Hall–Kier alpha value is -4.23. The van der Waals surface area contributed by atoms with E-state index in [4.69, 9.17) is 5.73 Å².